The summed E-state index contributed by atoms with van der Waals surface area (Å²) in [5.74, 6) is -2.27. The third-order valence-electron chi connectivity index (χ3n) is 12.7. The van der Waals surface area contributed by atoms with Crippen molar-refractivity contribution in [1.82, 2.24) is 41.7 Å². The summed E-state index contributed by atoms with van der Waals surface area (Å²) in [6, 6.07) is 12.0. The number of carbonyl (C=O) groups is 7. The molecule has 2 aromatic rings. The molecule has 17 nitrogen and oxygen atoms in total. The summed E-state index contributed by atoms with van der Waals surface area (Å²) in [7, 11) is 1.78. The van der Waals surface area contributed by atoms with Gasteiger partial charge in [-0.25, -0.2) is 0 Å². The van der Waals surface area contributed by atoms with Crippen LogP contribution in [0.2, 0.25) is 0 Å². The fourth-order valence-corrected chi connectivity index (χ4v) is 9.24. The normalized spacial score (nSPS) is 19.2. The predicted molar refractivity (Wildman–Crippen MR) is 242 cm³/mol. The van der Waals surface area contributed by atoms with Gasteiger partial charge in [-0.1, -0.05) is 86.7 Å². The zero-order valence-electron chi connectivity index (χ0n) is 37.4. The van der Waals surface area contributed by atoms with Gasteiger partial charge in [0.25, 0.3) is 0 Å². The number of nitrogens with two attached hydrogens (primary N) is 1. The van der Waals surface area contributed by atoms with E-state index in [0.29, 0.717) is 38.1 Å². The van der Waals surface area contributed by atoms with Crippen molar-refractivity contribution in [3.8, 4) is 0 Å². The molecule has 0 spiro atoms. The zero-order chi connectivity index (χ0) is 46.0. The van der Waals surface area contributed by atoms with Gasteiger partial charge in [0.15, 0.2) is 5.96 Å². The first kappa shape index (κ1) is 49.2. The molecule has 5 rings (SSSR count). The van der Waals surface area contributed by atoms with Crippen molar-refractivity contribution in [3.05, 3.63) is 71.3 Å². The van der Waals surface area contributed by atoms with Crippen molar-refractivity contribution in [2.75, 3.05) is 26.7 Å². The van der Waals surface area contributed by atoms with E-state index in [4.69, 9.17) is 11.1 Å². The average Bonchev–Trinajstić information content (AvgIpc) is 3.78. The highest BCUT2D eigenvalue weighted by Gasteiger charge is 2.39. The molecule has 2 heterocycles. The number of likely N-dealkylation sites (tertiary alicyclic amines) is 1. The van der Waals surface area contributed by atoms with Gasteiger partial charge >= 0.3 is 0 Å². The molecule has 2 aromatic carbocycles. The Hall–Kier alpha value is -5.84. The molecule has 2 unspecified atom stereocenters. The van der Waals surface area contributed by atoms with E-state index in [2.05, 4.69) is 31.9 Å². The maximum absolute atomic E-state index is 14.4. The zero-order valence-corrected chi connectivity index (χ0v) is 37.4. The third-order valence-corrected chi connectivity index (χ3v) is 12.7. The van der Waals surface area contributed by atoms with Crippen molar-refractivity contribution in [2.45, 2.75) is 140 Å². The third kappa shape index (κ3) is 14.3. The lowest BCUT2D eigenvalue weighted by molar-refractivity contribution is -0.144. The number of carbonyl (C=O) groups excluding carboxylic acids is 7. The maximum atomic E-state index is 14.4. The molecule has 1 aliphatic carbocycles. The highest BCUT2D eigenvalue weighted by Crippen LogP contribution is 2.30. The fraction of sp³-hybridized carbons (Fsp3) is 0.574. The van der Waals surface area contributed by atoms with E-state index >= 15 is 0 Å². The number of likely N-dealkylation sites (N-methyl/N-ethyl adjacent to an activating group) is 1. The number of fused-ring (bicyclic) bond motifs is 1. The van der Waals surface area contributed by atoms with Crippen LogP contribution in [0.25, 0.3) is 0 Å². The standard InChI is InChI=1S/C47H68N10O7/c1-31(59)53-39(26-32-14-5-3-6-15-32)43(61)55-38(45(63)56-25-13-20-36(56)30-58)22-12-23-51-42(60)37(21-11-24-52-47(48)49)54-44(62)41-28-34-18-9-10-19-35(34)29-57(41)46(64)40(50-2)27-33-16-7-4-8-17-33/h3,5-6,9-10,14-15,18-19,30,33,36-41,50H,4,7-8,11-13,16-17,20-29H2,1-2H3,(H,51,60)(H,53,59)(H,54,62)(H,55,61)(H4,48,49,52)/t36?,37?,38-,39-,40+,41-/m0/s1. The summed E-state index contributed by atoms with van der Waals surface area (Å²) in [5, 5.41) is 24.9. The summed E-state index contributed by atoms with van der Waals surface area (Å²) >= 11 is 0. The summed E-state index contributed by atoms with van der Waals surface area (Å²) in [6.45, 7) is 2.30. The lowest BCUT2D eigenvalue weighted by Crippen LogP contribution is -2.59. The molecular formula is C47H68N10O7. The number of benzene rings is 2. The molecule has 9 N–H and O–H groups in total. The first-order chi connectivity index (χ1) is 30.9. The van der Waals surface area contributed by atoms with Gasteiger partial charge < -0.3 is 52.2 Å². The van der Waals surface area contributed by atoms with Crippen molar-refractivity contribution >= 4 is 47.7 Å². The van der Waals surface area contributed by atoms with Crippen molar-refractivity contribution < 1.29 is 33.6 Å². The van der Waals surface area contributed by atoms with Crippen molar-refractivity contribution in [1.29, 1.82) is 5.41 Å². The number of aldehydes is 1. The van der Waals surface area contributed by atoms with E-state index in [1.54, 1.807) is 11.9 Å². The Balaban J connectivity index is 1.28. The average molecular weight is 885 g/mol. The van der Waals surface area contributed by atoms with E-state index in [9.17, 15) is 33.6 Å². The Kier molecular flexibility index (Phi) is 19.1. The maximum Gasteiger partial charge on any atom is 0.245 e. The van der Waals surface area contributed by atoms with Crippen LogP contribution in [0.5, 0.6) is 0 Å². The van der Waals surface area contributed by atoms with Gasteiger partial charge in [-0.05, 0) is 74.6 Å². The first-order valence-corrected chi connectivity index (χ1v) is 23.0. The second kappa shape index (κ2) is 24.9. The quantitative estimate of drug-likeness (QED) is 0.0367. The van der Waals surface area contributed by atoms with Crippen molar-refractivity contribution in [3.63, 3.8) is 0 Å². The van der Waals surface area contributed by atoms with Crippen LogP contribution >= 0.6 is 0 Å². The molecule has 17 heteroatoms. The Morgan fingerprint density at radius 2 is 1.41 bits per heavy atom. The number of guanidine groups is 1. The lowest BCUT2D eigenvalue weighted by atomic mass is 9.84. The van der Waals surface area contributed by atoms with Crippen LogP contribution < -0.4 is 37.6 Å². The Morgan fingerprint density at radius 3 is 2.08 bits per heavy atom. The molecule has 1 saturated heterocycles. The molecule has 348 valence electrons. The molecule has 6 atom stereocenters. The second-order valence-electron chi connectivity index (χ2n) is 17.4. The number of hydrogen-bond donors (Lipinski definition) is 8. The van der Waals surface area contributed by atoms with Crippen LogP contribution in [0, 0.1) is 11.3 Å². The summed E-state index contributed by atoms with van der Waals surface area (Å²) in [5.41, 5.74) is 8.24. The molecule has 3 aliphatic rings. The van der Waals surface area contributed by atoms with Crippen molar-refractivity contribution in [2.24, 2.45) is 11.7 Å². The largest absolute Gasteiger partial charge is 0.370 e. The molecule has 2 aliphatic heterocycles. The van der Waals surface area contributed by atoms with Gasteiger partial charge in [-0.3, -0.25) is 34.2 Å². The van der Waals surface area contributed by atoms with Crippen LogP contribution in [0.4, 0.5) is 0 Å². The molecule has 1 saturated carbocycles. The lowest BCUT2D eigenvalue weighted by Gasteiger charge is -2.39. The molecule has 0 radical (unpaired) electrons. The number of amides is 6. The fourth-order valence-electron chi connectivity index (χ4n) is 9.24. The molecular weight excluding hydrogens is 817 g/mol. The first-order valence-electron chi connectivity index (χ1n) is 23.0. The van der Waals surface area contributed by atoms with Crippen LogP contribution in [-0.2, 0) is 52.9 Å². The Bertz CT molecular complexity index is 1930. The van der Waals surface area contributed by atoms with Gasteiger partial charge in [0.2, 0.25) is 35.4 Å². The van der Waals surface area contributed by atoms with E-state index in [-0.39, 0.29) is 63.6 Å². The van der Waals surface area contributed by atoms with Gasteiger partial charge in [0.05, 0.1) is 12.1 Å². The van der Waals surface area contributed by atoms with Gasteiger partial charge in [0.1, 0.15) is 30.5 Å². The monoisotopic (exact) mass is 885 g/mol. The number of rotatable bonds is 22. The number of hydrogen-bond acceptors (Lipinski definition) is 9. The van der Waals surface area contributed by atoms with Gasteiger partial charge in [-0.2, -0.15) is 0 Å². The predicted octanol–water partition coefficient (Wildman–Crippen LogP) is 1.56. The van der Waals surface area contributed by atoms with E-state index in [1.165, 1.54) is 18.2 Å². The minimum Gasteiger partial charge on any atom is -0.370 e. The van der Waals surface area contributed by atoms with Gasteiger partial charge in [-0.15, -0.1) is 0 Å². The summed E-state index contributed by atoms with van der Waals surface area (Å²) < 4.78 is 0. The minimum atomic E-state index is -1.05. The summed E-state index contributed by atoms with van der Waals surface area (Å²) in [4.78, 5) is 97.5. The van der Waals surface area contributed by atoms with E-state index in [0.717, 1.165) is 48.7 Å². The SMILES string of the molecule is CN[C@H](CC1CCCCC1)C(=O)N1Cc2ccccc2C[C@H]1C(=O)NC(CCCNC(=N)N)C(=O)NCCC[C@H](NC(=O)[C@H](Cc1ccccc1)NC(C)=O)C(=O)N1CCCC1C=O. The number of nitrogens with one attached hydrogen (secondary N) is 7. The molecule has 2 fully saturated rings. The van der Waals surface area contributed by atoms with Crippen LogP contribution in [0.3, 0.4) is 0 Å². The van der Waals surface area contributed by atoms with Gasteiger partial charge in [0, 0.05) is 45.9 Å². The Morgan fingerprint density at radius 1 is 0.750 bits per heavy atom. The van der Waals surface area contributed by atoms with Crippen LogP contribution in [-0.4, -0.2) is 120 Å². The topological polar surface area (TPSA) is 248 Å². The van der Waals surface area contributed by atoms with Crippen LogP contribution in [0.15, 0.2) is 54.6 Å². The number of nitrogens with zero attached hydrogens (tertiary/aromatic N) is 2. The second-order valence-corrected chi connectivity index (χ2v) is 17.4. The van der Waals surface area contributed by atoms with E-state index < -0.39 is 65.8 Å². The van der Waals surface area contributed by atoms with Crippen LogP contribution in [0.1, 0.15) is 101 Å². The molecule has 64 heavy (non-hydrogen) atoms. The highest BCUT2D eigenvalue weighted by molar-refractivity contribution is 5.94. The van der Waals surface area contributed by atoms with E-state index in [1.807, 2.05) is 54.6 Å². The molecule has 0 bridgehead atoms. The molecule has 6 amide bonds. The molecule has 0 aromatic heterocycles. The minimum absolute atomic E-state index is 0.0826. The smallest absolute Gasteiger partial charge is 0.245 e. The highest BCUT2D eigenvalue weighted by atomic mass is 16.2. The summed E-state index contributed by atoms with van der Waals surface area (Å²) in [6.07, 6.45) is 9.62. The Labute approximate surface area is 376 Å².